The van der Waals surface area contributed by atoms with Gasteiger partial charge in [0.05, 0.1) is 18.6 Å². The van der Waals surface area contributed by atoms with Gasteiger partial charge >= 0.3 is 0 Å². The van der Waals surface area contributed by atoms with Crippen LogP contribution in [0.2, 0.25) is 0 Å². The SMILES string of the molecule is CS(=O)(=O)N1CCN(C(=S)N/N=C2/CCOC3=IC(F)C=CN=C32)CC1. The Morgan fingerprint density at radius 1 is 1.46 bits per heavy atom. The number of ether oxygens (including phenoxy) is 1. The summed E-state index contributed by atoms with van der Waals surface area (Å²) >= 11 is 4.44. The highest BCUT2D eigenvalue weighted by Gasteiger charge is 2.26. The van der Waals surface area contributed by atoms with Crippen LogP contribution in [-0.4, -0.2) is 81.1 Å². The molecule has 0 aliphatic carbocycles. The average molecular weight is 515 g/mol. The van der Waals surface area contributed by atoms with E-state index in [0.717, 1.165) is 0 Å². The van der Waals surface area contributed by atoms with E-state index in [1.54, 1.807) is 0 Å². The first kappa shape index (κ1) is 19.9. The van der Waals surface area contributed by atoms with Gasteiger partial charge in [-0.3, -0.25) is 10.4 Å². The molecule has 3 heterocycles. The standard InChI is InChI=1S/C14H19FIN5O3S2/c1-26(22,23)21-7-5-20(6-8-21)14(25)19-18-10-3-9-24-13-12(10)17-4-2-11(15)16-13/h2,4,11H,3,5-9H2,1H3,(H,19,25)/b18-10-. The molecule has 0 amide bonds. The van der Waals surface area contributed by atoms with Gasteiger partial charge in [0.15, 0.2) is 9.29 Å². The van der Waals surface area contributed by atoms with Crippen LogP contribution in [0.4, 0.5) is 4.39 Å². The minimum atomic E-state index is -3.18. The van der Waals surface area contributed by atoms with E-state index in [4.69, 9.17) is 17.0 Å². The van der Waals surface area contributed by atoms with Gasteiger partial charge in [-0.2, -0.15) is 9.41 Å². The summed E-state index contributed by atoms with van der Waals surface area (Å²) in [6, 6.07) is 0. The molecule has 144 valence electrons. The largest absolute Gasteiger partial charge is 0.345 e. The molecule has 0 saturated carbocycles. The predicted molar refractivity (Wildman–Crippen MR) is 112 cm³/mol. The van der Waals surface area contributed by atoms with Crippen molar-refractivity contribution >= 4 is 63.2 Å². The topological polar surface area (TPSA) is 86.6 Å². The zero-order valence-corrected chi connectivity index (χ0v) is 17.9. The first-order chi connectivity index (χ1) is 12.3. The second-order valence-electron chi connectivity index (χ2n) is 5.76. The number of alkyl halides is 2. The van der Waals surface area contributed by atoms with Crippen molar-refractivity contribution in [2.75, 3.05) is 39.0 Å². The van der Waals surface area contributed by atoms with E-state index in [0.29, 0.717) is 59.4 Å². The lowest BCUT2D eigenvalue weighted by Gasteiger charge is -2.34. The van der Waals surface area contributed by atoms with Crippen molar-refractivity contribution in [3.05, 3.63) is 12.3 Å². The monoisotopic (exact) mass is 515 g/mol. The third kappa shape index (κ3) is 4.91. The first-order valence-electron chi connectivity index (χ1n) is 7.93. The van der Waals surface area contributed by atoms with Crippen LogP contribution in [0.5, 0.6) is 0 Å². The Bertz CT molecular complexity index is 803. The van der Waals surface area contributed by atoms with E-state index >= 15 is 0 Å². The molecule has 3 aliphatic rings. The number of allylic oxidation sites excluding steroid dienone is 1. The molecule has 26 heavy (non-hydrogen) atoms. The highest BCUT2D eigenvalue weighted by Crippen LogP contribution is 2.22. The molecular formula is C14H19FIN5O3S2. The lowest BCUT2D eigenvalue weighted by atomic mass is 10.1. The van der Waals surface area contributed by atoms with Crippen molar-refractivity contribution in [3.63, 3.8) is 0 Å². The molecule has 1 atom stereocenters. The summed E-state index contributed by atoms with van der Waals surface area (Å²) in [4.78, 5) is 6.14. The fourth-order valence-corrected chi connectivity index (χ4v) is 5.71. The first-order valence-corrected chi connectivity index (χ1v) is 12.5. The average Bonchev–Trinajstić information content (AvgIpc) is 2.80. The van der Waals surface area contributed by atoms with Gasteiger partial charge in [0.25, 0.3) is 0 Å². The molecular weight excluding hydrogens is 496 g/mol. The number of hydrogen-bond acceptors (Lipinski definition) is 6. The Kier molecular flexibility index (Phi) is 6.48. The smallest absolute Gasteiger partial charge is 0.211 e. The van der Waals surface area contributed by atoms with Gasteiger partial charge in [-0.25, -0.2) is 12.8 Å². The van der Waals surface area contributed by atoms with Crippen molar-refractivity contribution in [2.24, 2.45) is 10.1 Å². The molecule has 0 aromatic heterocycles. The van der Waals surface area contributed by atoms with Crippen molar-refractivity contribution < 1.29 is 17.5 Å². The Balaban J connectivity index is 1.63. The summed E-state index contributed by atoms with van der Waals surface area (Å²) in [7, 11) is -3.18. The van der Waals surface area contributed by atoms with E-state index in [9.17, 15) is 12.8 Å². The summed E-state index contributed by atoms with van der Waals surface area (Å²) in [5.74, 6) is 0. The zero-order chi connectivity index (χ0) is 18.7. The molecule has 0 aromatic rings. The van der Waals surface area contributed by atoms with Crippen LogP contribution in [0, 0.1) is 0 Å². The van der Waals surface area contributed by atoms with Gasteiger partial charge < -0.3 is 9.64 Å². The van der Waals surface area contributed by atoms with Crippen LogP contribution in [0.1, 0.15) is 6.42 Å². The Labute approximate surface area is 167 Å². The lowest BCUT2D eigenvalue weighted by molar-refractivity contribution is 0.265. The summed E-state index contributed by atoms with van der Waals surface area (Å²) in [5.41, 5.74) is 4.15. The Hall–Kier alpha value is -0.830. The third-order valence-corrected chi connectivity index (χ3v) is 8.00. The van der Waals surface area contributed by atoms with Gasteiger partial charge in [0, 0.05) is 38.8 Å². The fourth-order valence-electron chi connectivity index (χ4n) is 2.58. The Morgan fingerprint density at radius 2 is 2.19 bits per heavy atom. The second-order valence-corrected chi connectivity index (χ2v) is 10.9. The van der Waals surface area contributed by atoms with Crippen LogP contribution in [0.25, 0.3) is 0 Å². The van der Waals surface area contributed by atoms with Gasteiger partial charge in [0.1, 0.15) is 9.41 Å². The number of thiocarbonyl (C=S) groups is 1. The number of sulfonamides is 1. The van der Waals surface area contributed by atoms with Crippen LogP contribution in [-0.2, 0) is 14.8 Å². The van der Waals surface area contributed by atoms with Crippen molar-refractivity contribution in [3.8, 4) is 0 Å². The maximum absolute atomic E-state index is 13.7. The third-order valence-electron chi connectivity index (χ3n) is 3.95. The summed E-state index contributed by atoms with van der Waals surface area (Å²) in [5, 5.41) is 4.79. The lowest BCUT2D eigenvalue weighted by Crippen LogP contribution is -2.52. The minimum Gasteiger partial charge on any atom is -0.345 e. The van der Waals surface area contributed by atoms with Gasteiger partial charge in [0.2, 0.25) is 10.0 Å². The van der Waals surface area contributed by atoms with Crippen LogP contribution < -0.4 is 5.43 Å². The van der Waals surface area contributed by atoms with Crippen LogP contribution in [0.3, 0.4) is 0 Å². The highest BCUT2D eigenvalue weighted by molar-refractivity contribution is 14.2. The van der Waals surface area contributed by atoms with E-state index in [2.05, 4.69) is 15.5 Å². The molecule has 0 radical (unpaired) electrons. The molecule has 0 bridgehead atoms. The zero-order valence-electron chi connectivity index (χ0n) is 14.1. The Morgan fingerprint density at radius 3 is 2.88 bits per heavy atom. The van der Waals surface area contributed by atoms with Crippen molar-refractivity contribution in [1.29, 1.82) is 0 Å². The van der Waals surface area contributed by atoms with Crippen LogP contribution >= 0.6 is 32.9 Å². The van der Waals surface area contributed by atoms with E-state index < -0.39 is 34.9 Å². The van der Waals surface area contributed by atoms with Gasteiger partial charge in [-0.15, -0.1) is 0 Å². The molecule has 2 fully saturated rings. The molecule has 3 aliphatic heterocycles. The van der Waals surface area contributed by atoms with Gasteiger partial charge in [-0.05, 0) is 39.0 Å². The molecule has 2 saturated heterocycles. The molecule has 3 rings (SSSR count). The molecule has 0 aromatic carbocycles. The molecule has 8 nitrogen and oxygen atoms in total. The molecule has 1 unspecified atom stereocenters. The van der Waals surface area contributed by atoms with Crippen molar-refractivity contribution in [2.45, 2.75) is 10.6 Å². The normalized spacial score (nSPS) is 26.3. The molecule has 0 spiro atoms. The van der Waals surface area contributed by atoms with E-state index in [1.807, 2.05) is 4.90 Å². The van der Waals surface area contributed by atoms with Crippen LogP contribution in [0.15, 0.2) is 22.4 Å². The minimum absolute atomic E-state index is 0.392. The number of fused-ring (bicyclic) bond motifs is 1. The molecule has 1 N–H and O–H groups in total. The number of nitrogens with one attached hydrogen (secondary N) is 1. The van der Waals surface area contributed by atoms with E-state index in [1.165, 1.54) is 22.8 Å². The fraction of sp³-hybridized carbons (Fsp3) is 0.571. The van der Waals surface area contributed by atoms with Crippen molar-refractivity contribution in [1.82, 2.24) is 14.6 Å². The predicted octanol–water partition coefficient (Wildman–Crippen LogP) is 0.579. The number of nitrogens with zero attached hydrogens (tertiary/aromatic N) is 4. The number of piperazine rings is 1. The maximum Gasteiger partial charge on any atom is 0.211 e. The number of halogens is 2. The number of hydrogen-bond donors (Lipinski definition) is 1. The van der Waals surface area contributed by atoms with E-state index in [-0.39, 0.29) is 0 Å². The quantitative estimate of drug-likeness (QED) is 0.251. The highest BCUT2D eigenvalue weighted by atomic mass is 127. The summed E-state index contributed by atoms with van der Waals surface area (Å²) < 4.78 is 43.4. The summed E-state index contributed by atoms with van der Waals surface area (Å²) in [6.45, 7) is 2.23. The maximum atomic E-state index is 13.7. The second kappa shape index (κ2) is 8.46. The molecule has 12 heteroatoms. The van der Waals surface area contributed by atoms with Gasteiger partial charge in [-0.1, -0.05) is 0 Å². The number of hydrazone groups is 1. The number of aliphatic imine (C=N–C) groups is 1. The summed E-state index contributed by atoms with van der Waals surface area (Å²) in [6.07, 6.45) is 4.66. The number of rotatable bonds is 2.